The molecule has 1 atom stereocenters. The van der Waals surface area contributed by atoms with Gasteiger partial charge in [0.1, 0.15) is 11.1 Å². The lowest BCUT2D eigenvalue weighted by molar-refractivity contribution is 0.0759. The van der Waals surface area contributed by atoms with E-state index >= 15 is 0 Å². The Hall–Kier alpha value is -3.41. The molecule has 0 bridgehead atoms. The number of carbonyl (C=O) groups excluding carboxylic acids is 2. The number of nitrogens with zero attached hydrogens (tertiary/aromatic N) is 2. The van der Waals surface area contributed by atoms with Crippen LogP contribution in [0.15, 0.2) is 59.7 Å². The van der Waals surface area contributed by atoms with Gasteiger partial charge >= 0.3 is 0 Å². The van der Waals surface area contributed by atoms with E-state index in [0.29, 0.717) is 25.6 Å². The maximum atomic E-state index is 13.4. The van der Waals surface area contributed by atoms with Gasteiger partial charge in [0.2, 0.25) is 5.43 Å². The third-order valence-corrected chi connectivity index (χ3v) is 6.66. The summed E-state index contributed by atoms with van der Waals surface area (Å²) in [7, 11) is 0. The molecule has 2 aromatic carbocycles. The molecule has 6 nitrogen and oxygen atoms in total. The molecule has 2 amide bonds. The molecule has 1 fully saturated rings. The van der Waals surface area contributed by atoms with Crippen LogP contribution >= 0.6 is 0 Å². The number of carbonyl (C=O) groups is 2. The predicted octanol–water partition coefficient (Wildman–Crippen LogP) is 5.16. The largest absolute Gasteiger partial charge is 0.352 e. The quantitative estimate of drug-likeness (QED) is 0.537. The van der Waals surface area contributed by atoms with Gasteiger partial charge in [-0.1, -0.05) is 69.2 Å². The van der Waals surface area contributed by atoms with E-state index < -0.39 is 11.3 Å². The van der Waals surface area contributed by atoms with Crippen molar-refractivity contribution in [3.05, 3.63) is 81.8 Å². The molecule has 0 spiro atoms. The van der Waals surface area contributed by atoms with Gasteiger partial charge in [-0.25, -0.2) is 0 Å². The summed E-state index contributed by atoms with van der Waals surface area (Å²) in [5, 5.41) is 5.16. The van der Waals surface area contributed by atoms with Crippen LogP contribution in [0.2, 0.25) is 0 Å². The maximum absolute atomic E-state index is 13.4. The number of nitrogens with one attached hydrogen (secondary N) is 1. The van der Waals surface area contributed by atoms with Crippen molar-refractivity contribution in [3.8, 4) is 0 Å². The van der Waals surface area contributed by atoms with Crippen LogP contribution in [0, 0.1) is 5.92 Å². The first-order valence-corrected chi connectivity index (χ1v) is 12.7. The van der Waals surface area contributed by atoms with Gasteiger partial charge in [0.15, 0.2) is 0 Å². The first kappa shape index (κ1) is 24.7. The Morgan fingerprint density at radius 3 is 2.26 bits per heavy atom. The van der Waals surface area contributed by atoms with Crippen LogP contribution in [-0.4, -0.2) is 34.4 Å². The van der Waals surface area contributed by atoms with Crippen LogP contribution in [0.5, 0.6) is 0 Å². The zero-order valence-corrected chi connectivity index (χ0v) is 20.9. The first-order valence-electron chi connectivity index (χ1n) is 12.7. The van der Waals surface area contributed by atoms with E-state index in [1.165, 1.54) is 0 Å². The maximum Gasteiger partial charge on any atom is 0.259 e. The van der Waals surface area contributed by atoms with Crippen LogP contribution in [0.25, 0.3) is 10.8 Å². The molecule has 1 aliphatic rings. The zero-order chi connectivity index (χ0) is 24.9. The van der Waals surface area contributed by atoms with Crippen molar-refractivity contribution in [1.82, 2.24) is 14.8 Å². The summed E-state index contributed by atoms with van der Waals surface area (Å²) in [6.07, 6.45) is 7.28. The summed E-state index contributed by atoms with van der Waals surface area (Å²) in [5.41, 5.74) is 0.578. The minimum Gasteiger partial charge on any atom is -0.352 e. The Morgan fingerprint density at radius 2 is 1.54 bits per heavy atom. The highest BCUT2D eigenvalue weighted by atomic mass is 16.2. The highest BCUT2D eigenvalue weighted by Gasteiger charge is 2.25. The minimum atomic E-state index is -0.498. The number of likely N-dealkylation sites (tertiary alicyclic amines) is 1. The second kappa shape index (κ2) is 10.9. The van der Waals surface area contributed by atoms with E-state index in [-0.39, 0.29) is 23.1 Å². The molecular weight excluding hydrogens is 438 g/mol. The summed E-state index contributed by atoms with van der Waals surface area (Å²) in [6.45, 7) is 7.96. The molecule has 1 aliphatic heterocycles. The van der Waals surface area contributed by atoms with Gasteiger partial charge in [-0.05, 0) is 42.0 Å². The van der Waals surface area contributed by atoms with Crippen molar-refractivity contribution in [3.63, 3.8) is 0 Å². The molecule has 1 aromatic heterocycles. The van der Waals surface area contributed by atoms with E-state index in [1.54, 1.807) is 17.3 Å². The summed E-state index contributed by atoms with van der Waals surface area (Å²) in [6, 6.07) is 13.7. The van der Waals surface area contributed by atoms with Crippen LogP contribution in [0.1, 0.15) is 78.8 Å². The Labute approximate surface area is 206 Å². The van der Waals surface area contributed by atoms with Gasteiger partial charge in [0, 0.05) is 32.0 Å². The van der Waals surface area contributed by atoms with Crippen molar-refractivity contribution in [2.45, 2.75) is 59.0 Å². The molecule has 1 N–H and O–H groups in total. The molecular formula is C29H35N3O3. The van der Waals surface area contributed by atoms with Gasteiger partial charge in [0.25, 0.3) is 11.8 Å². The SMILES string of the molecule is CC(C)Cn1cc(C(=O)N[C@H](C)c2cccc3ccccc23)c(=O)c(C(=O)N2CCCCCC2)c1. The third-order valence-electron chi connectivity index (χ3n) is 6.66. The number of rotatable bonds is 6. The van der Waals surface area contributed by atoms with Crippen LogP contribution in [0.4, 0.5) is 0 Å². The summed E-state index contributed by atoms with van der Waals surface area (Å²) in [4.78, 5) is 41.9. The number of hydrogen-bond acceptors (Lipinski definition) is 3. The predicted molar refractivity (Wildman–Crippen MR) is 140 cm³/mol. The highest BCUT2D eigenvalue weighted by molar-refractivity contribution is 5.99. The molecule has 0 saturated carbocycles. The average molecular weight is 474 g/mol. The van der Waals surface area contributed by atoms with E-state index in [9.17, 15) is 14.4 Å². The Morgan fingerprint density at radius 1 is 0.886 bits per heavy atom. The molecule has 0 aliphatic carbocycles. The summed E-state index contributed by atoms with van der Waals surface area (Å²) >= 11 is 0. The molecule has 1 saturated heterocycles. The lowest BCUT2D eigenvalue weighted by Crippen LogP contribution is -2.38. The molecule has 2 heterocycles. The topological polar surface area (TPSA) is 71.4 Å². The summed E-state index contributed by atoms with van der Waals surface area (Å²) < 4.78 is 1.81. The molecule has 35 heavy (non-hydrogen) atoms. The number of aromatic nitrogens is 1. The zero-order valence-electron chi connectivity index (χ0n) is 20.9. The summed E-state index contributed by atoms with van der Waals surface area (Å²) in [5.74, 6) is -0.436. The second-order valence-electron chi connectivity index (χ2n) is 9.98. The van der Waals surface area contributed by atoms with Gasteiger partial charge in [0.05, 0.1) is 6.04 Å². The van der Waals surface area contributed by atoms with Gasteiger partial charge in [-0.15, -0.1) is 0 Å². The molecule has 4 rings (SSSR count). The standard InChI is InChI=1S/C29H35N3O3/c1-20(2)17-31-18-25(27(33)26(19-31)29(35)32-15-8-4-5-9-16-32)28(34)30-21(3)23-14-10-12-22-11-6-7-13-24(22)23/h6-7,10-14,18-21H,4-5,8-9,15-17H2,1-3H3,(H,30,34)/t21-/m1/s1. The van der Waals surface area contributed by atoms with E-state index in [4.69, 9.17) is 0 Å². The van der Waals surface area contributed by atoms with E-state index in [1.807, 2.05) is 54.0 Å². The smallest absolute Gasteiger partial charge is 0.259 e. The molecule has 6 heteroatoms. The van der Waals surface area contributed by atoms with Gasteiger partial charge in [-0.2, -0.15) is 0 Å². The van der Waals surface area contributed by atoms with Crippen molar-refractivity contribution < 1.29 is 9.59 Å². The first-order chi connectivity index (χ1) is 16.8. The van der Waals surface area contributed by atoms with Gasteiger partial charge < -0.3 is 14.8 Å². The fourth-order valence-corrected chi connectivity index (χ4v) is 4.90. The normalized spacial score (nSPS) is 15.1. The number of amides is 2. The van der Waals surface area contributed by atoms with Gasteiger partial charge in [-0.3, -0.25) is 14.4 Å². The number of hydrogen-bond donors (Lipinski definition) is 1. The van der Waals surface area contributed by atoms with Crippen LogP contribution in [-0.2, 0) is 6.54 Å². The fraction of sp³-hybridized carbons (Fsp3) is 0.414. The molecule has 184 valence electrons. The monoisotopic (exact) mass is 473 g/mol. The lowest BCUT2D eigenvalue weighted by Gasteiger charge is -2.22. The lowest BCUT2D eigenvalue weighted by atomic mass is 9.99. The Kier molecular flexibility index (Phi) is 7.69. The van der Waals surface area contributed by atoms with Crippen molar-refractivity contribution in [2.24, 2.45) is 5.92 Å². The molecule has 0 radical (unpaired) electrons. The van der Waals surface area contributed by atoms with E-state index in [0.717, 1.165) is 42.0 Å². The Bertz CT molecular complexity index is 1260. The number of fused-ring (bicyclic) bond motifs is 1. The number of benzene rings is 2. The Balaban J connectivity index is 1.67. The van der Waals surface area contributed by atoms with Crippen LogP contribution in [0.3, 0.4) is 0 Å². The van der Waals surface area contributed by atoms with Crippen LogP contribution < -0.4 is 10.7 Å². The highest BCUT2D eigenvalue weighted by Crippen LogP contribution is 2.24. The average Bonchev–Trinajstić information content (AvgIpc) is 3.13. The number of pyridine rings is 1. The van der Waals surface area contributed by atoms with Crippen molar-refractivity contribution >= 4 is 22.6 Å². The second-order valence-corrected chi connectivity index (χ2v) is 9.98. The fourth-order valence-electron chi connectivity index (χ4n) is 4.90. The van der Waals surface area contributed by atoms with E-state index in [2.05, 4.69) is 19.2 Å². The molecule has 0 unspecified atom stereocenters. The third kappa shape index (κ3) is 5.64. The molecule has 3 aromatic rings. The van der Waals surface area contributed by atoms with Crippen molar-refractivity contribution in [2.75, 3.05) is 13.1 Å². The van der Waals surface area contributed by atoms with Crippen molar-refractivity contribution in [1.29, 1.82) is 0 Å². The minimum absolute atomic E-state index is 0.0124.